The maximum Gasteiger partial charge on any atom is 0.573 e. The Morgan fingerprint density at radius 3 is 2.44 bits per heavy atom. The van der Waals surface area contributed by atoms with Gasteiger partial charge in [-0.15, -0.1) is 13.2 Å². The van der Waals surface area contributed by atoms with E-state index in [0.717, 1.165) is 24.3 Å². The van der Waals surface area contributed by atoms with E-state index in [1.165, 1.54) is 0 Å². The zero-order valence-corrected chi connectivity index (χ0v) is 13.6. The Morgan fingerprint density at radius 2 is 1.76 bits per heavy atom. The SMILES string of the molecule is O=S(=O)(N[C@@H]1CCOc2ccccc21)c1ccc(OC(F)(F)F)cc1. The Bertz CT molecular complexity index is 850. The molecule has 9 heteroatoms. The first-order valence-corrected chi connectivity index (χ1v) is 8.83. The molecule has 0 unspecified atom stereocenters. The van der Waals surface area contributed by atoms with Gasteiger partial charge in [0.05, 0.1) is 17.5 Å². The summed E-state index contributed by atoms with van der Waals surface area (Å²) < 4.78 is 73.2. The number of rotatable bonds is 4. The average Bonchev–Trinajstić information content (AvgIpc) is 2.54. The predicted octanol–water partition coefficient (Wildman–Crippen LogP) is 3.39. The summed E-state index contributed by atoms with van der Waals surface area (Å²) >= 11 is 0. The third-order valence-corrected chi connectivity index (χ3v) is 5.11. The quantitative estimate of drug-likeness (QED) is 0.892. The standard InChI is InChI=1S/C16H14F3NO4S/c17-16(18,19)24-11-5-7-12(8-6-11)25(21,22)20-14-9-10-23-15-4-2-1-3-13(14)15/h1-8,14,20H,9-10H2/t14-/m1/s1. The normalized spacial score (nSPS) is 17.5. The van der Waals surface area contributed by atoms with Crippen LogP contribution in [0.1, 0.15) is 18.0 Å². The number of halogens is 3. The molecule has 0 bridgehead atoms. The Kier molecular flexibility index (Phi) is 4.61. The summed E-state index contributed by atoms with van der Waals surface area (Å²) in [6.45, 7) is 0.364. The van der Waals surface area contributed by atoms with Gasteiger partial charge in [0.15, 0.2) is 0 Å². The van der Waals surface area contributed by atoms with Gasteiger partial charge < -0.3 is 9.47 Å². The van der Waals surface area contributed by atoms with Crippen molar-refractivity contribution in [2.75, 3.05) is 6.61 Å². The first-order chi connectivity index (χ1) is 11.7. The van der Waals surface area contributed by atoms with Crippen LogP contribution in [0.25, 0.3) is 0 Å². The zero-order valence-electron chi connectivity index (χ0n) is 12.8. The van der Waals surface area contributed by atoms with Crippen molar-refractivity contribution in [2.45, 2.75) is 23.7 Å². The Labute approximate surface area is 142 Å². The molecule has 25 heavy (non-hydrogen) atoms. The number of para-hydroxylation sites is 1. The van der Waals surface area contributed by atoms with Crippen LogP contribution < -0.4 is 14.2 Å². The number of sulfonamides is 1. The number of hydrogen-bond acceptors (Lipinski definition) is 4. The van der Waals surface area contributed by atoms with E-state index in [0.29, 0.717) is 24.3 Å². The molecular weight excluding hydrogens is 359 g/mol. The van der Waals surface area contributed by atoms with E-state index in [9.17, 15) is 21.6 Å². The van der Waals surface area contributed by atoms with E-state index in [4.69, 9.17) is 4.74 Å². The monoisotopic (exact) mass is 373 g/mol. The van der Waals surface area contributed by atoms with Crippen molar-refractivity contribution in [3.63, 3.8) is 0 Å². The Balaban J connectivity index is 1.79. The minimum atomic E-state index is -4.83. The smallest absolute Gasteiger partial charge is 0.493 e. The van der Waals surface area contributed by atoms with Gasteiger partial charge in [-0.1, -0.05) is 18.2 Å². The maximum absolute atomic E-state index is 12.5. The zero-order chi connectivity index (χ0) is 18.1. The first kappa shape index (κ1) is 17.6. The van der Waals surface area contributed by atoms with Crippen LogP contribution in [0.5, 0.6) is 11.5 Å². The fraction of sp³-hybridized carbons (Fsp3) is 0.250. The highest BCUT2D eigenvalue weighted by Gasteiger charge is 2.31. The number of nitrogens with one attached hydrogen (secondary N) is 1. The van der Waals surface area contributed by atoms with Gasteiger partial charge in [-0.3, -0.25) is 0 Å². The lowest BCUT2D eigenvalue weighted by atomic mass is 10.0. The molecule has 0 amide bonds. The molecular formula is C16H14F3NO4S. The summed E-state index contributed by atoms with van der Waals surface area (Å²) in [5.41, 5.74) is 0.717. The average molecular weight is 373 g/mol. The van der Waals surface area contributed by atoms with Crippen LogP contribution in [0.15, 0.2) is 53.4 Å². The van der Waals surface area contributed by atoms with Crippen LogP contribution in [0.2, 0.25) is 0 Å². The third kappa shape index (κ3) is 4.23. The molecule has 1 aliphatic heterocycles. The van der Waals surface area contributed by atoms with E-state index < -0.39 is 28.2 Å². The number of ether oxygens (including phenoxy) is 2. The fourth-order valence-corrected chi connectivity index (χ4v) is 3.79. The molecule has 134 valence electrons. The van der Waals surface area contributed by atoms with Crippen LogP contribution in [-0.2, 0) is 10.0 Å². The Hall–Kier alpha value is -2.26. The number of fused-ring (bicyclic) bond motifs is 1. The first-order valence-electron chi connectivity index (χ1n) is 7.34. The summed E-state index contributed by atoms with van der Waals surface area (Å²) in [5.74, 6) is 0.123. The molecule has 0 aliphatic carbocycles. The molecule has 3 rings (SSSR count). The minimum Gasteiger partial charge on any atom is -0.493 e. The van der Waals surface area contributed by atoms with E-state index >= 15 is 0 Å². The second kappa shape index (κ2) is 6.57. The van der Waals surface area contributed by atoms with E-state index in [-0.39, 0.29) is 4.90 Å². The molecule has 2 aromatic carbocycles. The number of alkyl halides is 3. The second-order valence-corrected chi connectivity index (χ2v) is 7.08. The van der Waals surface area contributed by atoms with Crippen LogP contribution in [-0.4, -0.2) is 21.4 Å². The molecule has 0 saturated carbocycles. The molecule has 0 aromatic heterocycles. The molecule has 0 saturated heterocycles. The largest absolute Gasteiger partial charge is 0.573 e. The molecule has 5 nitrogen and oxygen atoms in total. The second-order valence-electron chi connectivity index (χ2n) is 5.37. The molecule has 0 radical (unpaired) electrons. The van der Waals surface area contributed by atoms with Crippen LogP contribution in [0.3, 0.4) is 0 Å². The van der Waals surface area contributed by atoms with Gasteiger partial charge in [0.25, 0.3) is 0 Å². The predicted molar refractivity (Wildman–Crippen MR) is 82.7 cm³/mol. The van der Waals surface area contributed by atoms with Crippen molar-refractivity contribution in [1.29, 1.82) is 0 Å². The van der Waals surface area contributed by atoms with Gasteiger partial charge in [0, 0.05) is 12.0 Å². The van der Waals surface area contributed by atoms with Gasteiger partial charge >= 0.3 is 6.36 Å². The lowest BCUT2D eigenvalue weighted by molar-refractivity contribution is -0.274. The van der Waals surface area contributed by atoms with Gasteiger partial charge in [-0.25, -0.2) is 13.1 Å². The van der Waals surface area contributed by atoms with Gasteiger partial charge in [0.2, 0.25) is 10.0 Å². The van der Waals surface area contributed by atoms with E-state index in [2.05, 4.69) is 9.46 Å². The van der Waals surface area contributed by atoms with Crippen molar-refractivity contribution in [1.82, 2.24) is 4.72 Å². The highest BCUT2D eigenvalue weighted by atomic mass is 32.2. The molecule has 1 aliphatic rings. The number of hydrogen-bond donors (Lipinski definition) is 1. The minimum absolute atomic E-state index is 0.147. The summed E-state index contributed by atoms with van der Waals surface area (Å²) in [5, 5.41) is 0. The van der Waals surface area contributed by atoms with Crippen LogP contribution in [0.4, 0.5) is 13.2 Å². The lowest BCUT2D eigenvalue weighted by Crippen LogP contribution is -2.32. The summed E-state index contributed by atoms with van der Waals surface area (Å²) in [4.78, 5) is -0.147. The Morgan fingerprint density at radius 1 is 1.08 bits per heavy atom. The van der Waals surface area contributed by atoms with Crippen molar-refractivity contribution in [3.05, 3.63) is 54.1 Å². The molecule has 0 spiro atoms. The molecule has 1 N–H and O–H groups in total. The highest BCUT2D eigenvalue weighted by Crippen LogP contribution is 2.33. The fourth-order valence-electron chi connectivity index (χ4n) is 2.54. The highest BCUT2D eigenvalue weighted by molar-refractivity contribution is 7.89. The van der Waals surface area contributed by atoms with Gasteiger partial charge in [0.1, 0.15) is 11.5 Å². The molecule has 2 aromatic rings. The molecule has 0 fully saturated rings. The van der Waals surface area contributed by atoms with Crippen molar-refractivity contribution < 1.29 is 31.1 Å². The van der Waals surface area contributed by atoms with Crippen LogP contribution in [0, 0.1) is 0 Å². The maximum atomic E-state index is 12.5. The molecule has 1 atom stereocenters. The third-order valence-electron chi connectivity index (χ3n) is 3.62. The van der Waals surface area contributed by atoms with E-state index in [1.807, 2.05) is 0 Å². The molecule has 1 heterocycles. The van der Waals surface area contributed by atoms with Crippen LogP contribution >= 0.6 is 0 Å². The van der Waals surface area contributed by atoms with Gasteiger partial charge in [-0.2, -0.15) is 0 Å². The van der Waals surface area contributed by atoms with Crippen molar-refractivity contribution in [2.24, 2.45) is 0 Å². The summed E-state index contributed by atoms with van der Waals surface area (Å²) in [6.07, 6.45) is -4.38. The topological polar surface area (TPSA) is 64.6 Å². The number of benzene rings is 2. The summed E-state index contributed by atoms with van der Waals surface area (Å²) in [7, 11) is -3.91. The summed E-state index contributed by atoms with van der Waals surface area (Å²) in [6, 6.07) is 10.7. The lowest BCUT2D eigenvalue weighted by Gasteiger charge is -2.26. The van der Waals surface area contributed by atoms with Crippen molar-refractivity contribution >= 4 is 10.0 Å². The van der Waals surface area contributed by atoms with Crippen molar-refractivity contribution in [3.8, 4) is 11.5 Å². The van der Waals surface area contributed by atoms with Gasteiger partial charge in [-0.05, 0) is 30.3 Å². The van der Waals surface area contributed by atoms with E-state index in [1.54, 1.807) is 24.3 Å².